The van der Waals surface area contributed by atoms with Gasteiger partial charge in [-0.3, -0.25) is 4.79 Å². The minimum atomic E-state index is -1.16. The summed E-state index contributed by atoms with van der Waals surface area (Å²) in [6, 6.07) is 0. The number of carboxylic acids is 1. The van der Waals surface area contributed by atoms with Crippen LogP contribution in [0.4, 0.5) is 0 Å². The third-order valence-electron chi connectivity index (χ3n) is 5.17. The fourth-order valence-electron chi connectivity index (χ4n) is 3.20. The molecule has 0 fully saturated rings. The van der Waals surface area contributed by atoms with Crippen molar-refractivity contribution in [3.05, 3.63) is 24.3 Å². The number of allylic oxidation sites excluding steroid dienone is 3. The zero-order valence-corrected chi connectivity index (χ0v) is 25.3. The molecule has 0 saturated heterocycles. The molecule has 194 valence electrons. The van der Waals surface area contributed by atoms with Gasteiger partial charge in [0.1, 0.15) is 12.7 Å². The molecule has 0 aliphatic rings. The average Bonchev–Trinajstić information content (AvgIpc) is 2.80. The Kier molecular flexibility index (Phi) is 37.3. The van der Waals surface area contributed by atoms with Gasteiger partial charge in [0.25, 0.3) is 0 Å². The van der Waals surface area contributed by atoms with Crippen LogP contribution < -0.4 is 56.5 Å². The number of carbonyl (C=O) groups is 2. The first-order valence-electron chi connectivity index (χ1n) is 12.9. The Morgan fingerprint density at radius 1 is 0.824 bits per heavy atom. The molecule has 0 rings (SSSR count). The van der Waals surface area contributed by atoms with E-state index in [-0.39, 0.29) is 70.6 Å². The molecule has 0 heterocycles. The van der Waals surface area contributed by atoms with E-state index in [2.05, 4.69) is 6.92 Å². The molecular weight excluding hydrogens is 459 g/mol. The Labute approximate surface area is 251 Å². The van der Waals surface area contributed by atoms with Crippen LogP contribution in [0.3, 0.4) is 0 Å². The standard InChI is InChI=1S/C21H42O4.C6H8O2.K/c1-2-3-4-5-6-7-8-9-10-11-12-13-14-15-16-17-21(24)25-19-20(23)18-22;1-2-3-4-5-6(7)8;/h20,22-23H,2-19H2,1H3;2-5H,1H3,(H,7,8);/q;;+1/p-1/b;3-2+,5-4+;. The molecule has 0 bridgehead atoms. The van der Waals surface area contributed by atoms with Gasteiger partial charge in [0, 0.05) is 6.42 Å². The number of rotatable bonds is 21. The van der Waals surface area contributed by atoms with Gasteiger partial charge in [0.2, 0.25) is 0 Å². The second kappa shape index (κ2) is 33.0. The maximum absolute atomic E-state index is 11.4. The third-order valence-corrected chi connectivity index (χ3v) is 5.17. The Morgan fingerprint density at radius 2 is 1.26 bits per heavy atom. The van der Waals surface area contributed by atoms with E-state index in [1.807, 2.05) is 0 Å². The van der Waals surface area contributed by atoms with Crippen LogP contribution in [0.25, 0.3) is 0 Å². The normalized spacial score (nSPS) is 11.6. The van der Waals surface area contributed by atoms with Crippen molar-refractivity contribution in [3.63, 3.8) is 0 Å². The zero-order chi connectivity index (χ0) is 25.0. The van der Waals surface area contributed by atoms with Crippen LogP contribution >= 0.6 is 0 Å². The van der Waals surface area contributed by atoms with Crippen LogP contribution in [-0.4, -0.2) is 41.5 Å². The van der Waals surface area contributed by atoms with E-state index in [9.17, 15) is 14.7 Å². The molecule has 0 spiro atoms. The molecule has 7 heteroatoms. The third kappa shape index (κ3) is 36.5. The van der Waals surface area contributed by atoms with Crippen molar-refractivity contribution < 1.29 is 81.0 Å². The van der Waals surface area contributed by atoms with Crippen LogP contribution in [0.2, 0.25) is 0 Å². The van der Waals surface area contributed by atoms with E-state index >= 15 is 0 Å². The van der Waals surface area contributed by atoms with E-state index in [1.165, 1.54) is 89.5 Å². The SMILES string of the molecule is C/C=C/C=C/C(=O)[O-].CCCCCCCCCCCCCCCCCC(=O)OCC(O)CO.[K+]. The molecule has 0 aromatic carbocycles. The molecule has 0 aromatic heterocycles. The quantitative estimate of drug-likeness (QED) is 0.0808. The van der Waals surface area contributed by atoms with Gasteiger partial charge in [0.05, 0.1) is 12.6 Å². The molecule has 0 aliphatic carbocycles. The van der Waals surface area contributed by atoms with Crippen LogP contribution in [-0.2, 0) is 14.3 Å². The van der Waals surface area contributed by atoms with Gasteiger partial charge in [-0.2, -0.15) is 0 Å². The number of hydrogen-bond donors (Lipinski definition) is 2. The molecule has 2 N–H and O–H groups in total. The van der Waals surface area contributed by atoms with Crippen molar-refractivity contribution in [1.29, 1.82) is 0 Å². The van der Waals surface area contributed by atoms with E-state index in [1.54, 1.807) is 19.1 Å². The number of carbonyl (C=O) groups excluding carboxylic acids is 2. The molecular formula is C27H49KO6. The zero-order valence-electron chi connectivity index (χ0n) is 22.1. The summed E-state index contributed by atoms with van der Waals surface area (Å²) in [6.45, 7) is 3.60. The average molecular weight is 509 g/mol. The first kappa shape index (κ1) is 38.5. The van der Waals surface area contributed by atoms with Gasteiger partial charge < -0.3 is 24.9 Å². The molecule has 0 aliphatic heterocycles. The fourth-order valence-corrected chi connectivity index (χ4v) is 3.20. The number of unbranched alkanes of at least 4 members (excludes halogenated alkanes) is 14. The largest absolute Gasteiger partial charge is 1.00 e. The van der Waals surface area contributed by atoms with Crippen LogP contribution in [0.15, 0.2) is 24.3 Å². The summed E-state index contributed by atoms with van der Waals surface area (Å²) in [5.74, 6) is -1.44. The number of esters is 1. The number of aliphatic hydroxyl groups excluding tert-OH is 2. The second-order valence-electron chi connectivity index (χ2n) is 8.42. The first-order chi connectivity index (χ1) is 16.0. The van der Waals surface area contributed by atoms with E-state index < -0.39 is 12.1 Å². The van der Waals surface area contributed by atoms with Crippen molar-refractivity contribution in [2.45, 2.75) is 123 Å². The van der Waals surface area contributed by atoms with Gasteiger partial charge in [-0.05, 0) is 19.4 Å². The van der Waals surface area contributed by atoms with Gasteiger partial charge in [-0.1, -0.05) is 115 Å². The second-order valence-corrected chi connectivity index (χ2v) is 8.42. The summed E-state index contributed by atoms with van der Waals surface area (Å²) in [6.07, 6.45) is 24.8. The molecule has 34 heavy (non-hydrogen) atoms. The minimum Gasteiger partial charge on any atom is -0.545 e. The minimum absolute atomic E-state index is 0. The van der Waals surface area contributed by atoms with Gasteiger partial charge >= 0.3 is 57.4 Å². The van der Waals surface area contributed by atoms with E-state index in [0.29, 0.717) is 6.42 Å². The summed E-state index contributed by atoms with van der Waals surface area (Å²) in [5, 5.41) is 27.3. The van der Waals surface area contributed by atoms with Crippen molar-refractivity contribution in [3.8, 4) is 0 Å². The predicted molar refractivity (Wildman–Crippen MR) is 133 cm³/mol. The van der Waals surface area contributed by atoms with Gasteiger partial charge in [0.15, 0.2) is 0 Å². The summed E-state index contributed by atoms with van der Waals surface area (Å²) in [7, 11) is 0. The van der Waals surface area contributed by atoms with Crippen molar-refractivity contribution in [2.24, 2.45) is 0 Å². The number of hydrogen-bond acceptors (Lipinski definition) is 6. The van der Waals surface area contributed by atoms with Crippen molar-refractivity contribution in [1.82, 2.24) is 0 Å². The summed E-state index contributed by atoms with van der Waals surface area (Å²) in [5.41, 5.74) is 0. The summed E-state index contributed by atoms with van der Waals surface area (Å²) < 4.78 is 4.86. The number of aliphatic hydroxyl groups is 2. The van der Waals surface area contributed by atoms with Gasteiger partial charge in [-0.25, -0.2) is 0 Å². The smallest absolute Gasteiger partial charge is 0.545 e. The fraction of sp³-hybridized carbons (Fsp3) is 0.778. The maximum atomic E-state index is 11.4. The predicted octanol–water partition coefficient (Wildman–Crippen LogP) is 2.02. The molecule has 1 unspecified atom stereocenters. The molecule has 0 saturated carbocycles. The molecule has 1 atom stereocenters. The van der Waals surface area contributed by atoms with Crippen LogP contribution in [0.1, 0.15) is 117 Å². The Balaban J connectivity index is -0.000000910. The molecule has 0 radical (unpaired) electrons. The molecule has 0 amide bonds. The number of carboxylic acid groups (broad SMARTS) is 1. The molecule has 6 nitrogen and oxygen atoms in total. The van der Waals surface area contributed by atoms with Gasteiger partial charge in [-0.15, -0.1) is 0 Å². The van der Waals surface area contributed by atoms with Crippen LogP contribution in [0, 0.1) is 0 Å². The first-order valence-corrected chi connectivity index (χ1v) is 12.9. The summed E-state index contributed by atoms with van der Waals surface area (Å²) >= 11 is 0. The van der Waals surface area contributed by atoms with Crippen molar-refractivity contribution >= 4 is 11.9 Å². The number of aliphatic carboxylic acids is 1. The Bertz CT molecular complexity index is 494. The van der Waals surface area contributed by atoms with E-state index in [0.717, 1.165) is 18.9 Å². The number of ether oxygens (including phenoxy) is 1. The maximum Gasteiger partial charge on any atom is 1.00 e. The Hall–Kier alpha value is -0.0236. The summed E-state index contributed by atoms with van der Waals surface area (Å²) in [4.78, 5) is 21.0. The van der Waals surface area contributed by atoms with Crippen molar-refractivity contribution in [2.75, 3.05) is 13.2 Å². The van der Waals surface area contributed by atoms with Crippen LogP contribution in [0.5, 0.6) is 0 Å². The monoisotopic (exact) mass is 508 g/mol. The van der Waals surface area contributed by atoms with E-state index in [4.69, 9.17) is 14.9 Å². The molecule has 0 aromatic rings. The Morgan fingerprint density at radius 3 is 1.65 bits per heavy atom. The topological polar surface area (TPSA) is 107 Å².